The molecule has 6 aromatic heterocycles. The first-order valence-corrected chi connectivity index (χ1v) is 19.9. The average Bonchev–Trinajstić information content (AvgIpc) is 4.04. The number of pyridine rings is 2. The van der Waals surface area contributed by atoms with Crippen LogP contribution in [0.2, 0.25) is 0 Å². The van der Waals surface area contributed by atoms with Crippen LogP contribution in [-0.4, -0.2) is 105 Å². The van der Waals surface area contributed by atoms with Crippen LogP contribution < -0.4 is 16.0 Å². The van der Waals surface area contributed by atoms with Crippen molar-refractivity contribution in [2.75, 3.05) is 50.0 Å². The van der Waals surface area contributed by atoms with Crippen molar-refractivity contribution in [2.45, 2.75) is 90.2 Å². The van der Waals surface area contributed by atoms with Gasteiger partial charge >= 0.3 is 6.09 Å². The molecule has 0 spiro atoms. The zero-order valence-electron chi connectivity index (χ0n) is 32.7. The lowest BCUT2D eigenvalue weighted by atomic mass is 9.91. The third kappa shape index (κ3) is 8.29. The molecule has 0 aromatic carbocycles. The molecule has 18 nitrogen and oxygen atoms in total. The highest BCUT2D eigenvalue weighted by Crippen LogP contribution is 2.33. The van der Waals surface area contributed by atoms with Crippen molar-refractivity contribution in [1.82, 2.24) is 59.0 Å². The van der Waals surface area contributed by atoms with E-state index < -0.39 is 5.60 Å². The molecule has 2 atom stereocenters. The monoisotopic (exact) mass is 778 g/mol. The summed E-state index contributed by atoms with van der Waals surface area (Å²) in [4.78, 5) is 23.2. The van der Waals surface area contributed by atoms with Crippen LogP contribution in [0.3, 0.4) is 0 Å². The van der Waals surface area contributed by atoms with Gasteiger partial charge in [-0.1, -0.05) is 0 Å². The van der Waals surface area contributed by atoms with Gasteiger partial charge in [0.2, 0.25) is 0 Å². The number of fused-ring (bicyclic) bond motifs is 4. The number of ether oxygens (including phenoxy) is 3. The van der Waals surface area contributed by atoms with Gasteiger partial charge in [-0.2, -0.15) is 20.4 Å². The van der Waals surface area contributed by atoms with Crippen molar-refractivity contribution in [3.05, 3.63) is 71.8 Å². The molecule has 2 fully saturated rings. The summed E-state index contributed by atoms with van der Waals surface area (Å²) in [6.45, 7) is 13.2. The second-order valence-corrected chi connectivity index (χ2v) is 16.1. The Hall–Kier alpha value is -5.59. The average molecular weight is 779 g/mol. The van der Waals surface area contributed by atoms with E-state index in [1.807, 2.05) is 57.9 Å². The van der Waals surface area contributed by atoms with Gasteiger partial charge in [-0.25, -0.2) is 23.8 Å². The summed E-state index contributed by atoms with van der Waals surface area (Å²) in [5.74, 6) is 2.27. The lowest BCUT2D eigenvalue weighted by Crippen LogP contribution is -2.42. The lowest BCUT2D eigenvalue weighted by molar-refractivity contribution is 0.0198. The summed E-state index contributed by atoms with van der Waals surface area (Å²) in [5.41, 5.74) is 7.35. The Morgan fingerprint density at radius 2 is 1.37 bits per heavy atom. The van der Waals surface area contributed by atoms with Gasteiger partial charge in [0, 0.05) is 50.1 Å². The summed E-state index contributed by atoms with van der Waals surface area (Å²) in [7, 11) is 0. The molecule has 0 aliphatic carbocycles. The van der Waals surface area contributed by atoms with Crippen LogP contribution in [-0.2, 0) is 40.5 Å². The van der Waals surface area contributed by atoms with Crippen molar-refractivity contribution in [1.29, 1.82) is 0 Å². The number of likely N-dealkylation sites (tertiary alicyclic amines) is 1. The van der Waals surface area contributed by atoms with Gasteiger partial charge in [-0.15, -0.1) is 0 Å². The molecule has 10 rings (SSSR count). The molecule has 4 aliphatic rings. The molecular weight excluding hydrogens is 729 g/mol. The predicted molar refractivity (Wildman–Crippen MR) is 211 cm³/mol. The standard InChI is InChI=1S/C22H29N7O3.C17H21N7O/c1-22(2,3)32-21(30)27-6-4-5-15(11-27)16-9-18(20-23-14-24-29(20)12-16)25-19-10-17-13-31-8-7-28(17)26-19;1-2-12(8-18-3-1)13-6-15(17-19-11-20-24(17)9-13)21-16-7-14-10-25-5-4-23(14)22-16/h9-10,12,14-15H,4-8,11,13H2,1-3H3,(H,25,26);6-7,9,11-12,18H,1-5,8,10H2,(H,21,22)/t15-;12-/m00/s1. The Morgan fingerprint density at radius 1 is 0.789 bits per heavy atom. The van der Waals surface area contributed by atoms with Gasteiger partial charge in [-0.3, -0.25) is 9.36 Å². The molecule has 2 saturated heterocycles. The predicted octanol–water partition coefficient (Wildman–Crippen LogP) is 4.98. The normalized spacial score (nSPS) is 19.7. The highest BCUT2D eigenvalue weighted by atomic mass is 16.6. The largest absolute Gasteiger partial charge is 0.444 e. The molecule has 300 valence electrons. The highest BCUT2D eigenvalue weighted by molar-refractivity contribution is 5.74. The van der Waals surface area contributed by atoms with Gasteiger partial charge in [-0.05, 0) is 82.2 Å². The van der Waals surface area contributed by atoms with Crippen LogP contribution in [0.15, 0.2) is 49.3 Å². The molecule has 0 unspecified atom stereocenters. The molecule has 0 saturated carbocycles. The van der Waals surface area contributed by atoms with Crippen molar-refractivity contribution in [3.63, 3.8) is 0 Å². The number of aromatic nitrogens is 10. The smallest absolute Gasteiger partial charge is 0.410 e. The van der Waals surface area contributed by atoms with Gasteiger partial charge in [0.15, 0.2) is 22.9 Å². The maximum Gasteiger partial charge on any atom is 0.410 e. The van der Waals surface area contributed by atoms with Crippen LogP contribution >= 0.6 is 0 Å². The first-order valence-electron chi connectivity index (χ1n) is 19.9. The van der Waals surface area contributed by atoms with Crippen LogP contribution in [0.1, 0.15) is 80.8 Å². The van der Waals surface area contributed by atoms with Crippen LogP contribution in [0.25, 0.3) is 11.3 Å². The van der Waals surface area contributed by atoms with E-state index in [9.17, 15) is 4.79 Å². The summed E-state index contributed by atoms with van der Waals surface area (Å²) < 4.78 is 24.2. The van der Waals surface area contributed by atoms with E-state index in [1.165, 1.54) is 18.4 Å². The minimum absolute atomic E-state index is 0.189. The number of nitrogens with one attached hydrogen (secondary N) is 3. The van der Waals surface area contributed by atoms with Crippen molar-refractivity contribution >= 4 is 40.4 Å². The van der Waals surface area contributed by atoms with E-state index in [2.05, 4.69) is 64.6 Å². The number of anilines is 4. The Balaban J connectivity index is 0.000000153. The van der Waals surface area contributed by atoms with Gasteiger partial charge in [0.05, 0.1) is 62.3 Å². The maximum atomic E-state index is 12.6. The Labute approximate surface area is 329 Å². The molecule has 18 heteroatoms. The topological polar surface area (TPSA) is 180 Å². The first kappa shape index (κ1) is 37.0. The Kier molecular flexibility index (Phi) is 10.2. The van der Waals surface area contributed by atoms with Crippen molar-refractivity contribution in [3.8, 4) is 0 Å². The Morgan fingerprint density at radius 3 is 1.91 bits per heavy atom. The number of hydrogen-bond donors (Lipinski definition) is 3. The zero-order valence-corrected chi connectivity index (χ0v) is 32.7. The summed E-state index contributed by atoms with van der Waals surface area (Å²) >= 11 is 0. The molecular formula is C39H50N14O4. The molecule has 3 N–H and O–H groups in total. The molecule has 4 aliphatic heterocycles. The summed E-state index contributed by atoms with van der Waals surface area (Å²) in [5, 5.41) is 28.3. The third-order valence-electron chi connectivity index (χ3n) is 10.8. The number of carbonyl (C=O) groups is 1. The molecule has 0 radical (unpaired) electrons. The number of amides is 1. The second kappa shape index (κ2) is 15.7. The minimum atomic E-state index is -0.504. The first-order chi connectivity index (χ1) is 27.7. The third-order valence-corrected chi connectivity index (χ3v) is 10.8. The number of hydrogen-bond acceptors (Lipinski definition) is 13. The second-order valence-electron chi connectivity index (χ2n) is 16.1. The van der Waals surface area contributed by atoms with Gasteiger partial charge in [0.25, 0.3) is 0 Å². The van der Waals surface area contributed by atoms with E-state index in [4.69, 9.17) is 14.2 Å². The van der Waals surface area contributed by atoms with E-state index in [0.717, 1.165) is 90.3 Å². The highest BCUT2D eigenvalue weighted by Gasteiger charge is 2.29. The molecule has 0 bridgehead atoms. The summed E-state index contributed by atoms with van der Waals surface area (Å²) in [6, 6.07) is 8.34. The SMILES string of the molecule is CC(C)(C)OC(=O)N1CCC[C@H](c2cc(Nc3cc4n(n3)CCOC4)c3ncnn3c2)C1.c1nc2c(Nc3cc4n(n3)CCOC4)cc([C@H]3CCCNC3)cn2n1. The Bertz CT molecular complexity index is 2300. The van der Waals surface area contributed by atoms with Gasteiger partial charge in [0.1, 0.15) is 18.3 Å². The number of nitrogens with zero attached hydrogens (tertiary/aromatic N) is 11. The molecule has 1 amide bonds. The quantitative estimate of drug-likeness (QED) is 0.206. The van der Waals surface area contributed by atoms with E-state index in [1.54, 1.807) is 17.2 Å². The van der Waals surface area contributed by atoms with E-state index >= 15 is 0 Å². The van der Waals surface area contributed by atoms with E-state index in [-0.39, 0.29) is 12.0 Å². The molecule has 10 heterocycles. The fourth-order valence-corrected chi connectivity index (χ4v) is 7.99. The molecule has 57 heavy (non-hydrogen) atoms. The summed E-state index contributed by atoms with van der Waals surface area (Å²) in [6.07, 6.45) is 11.3. The fraction of sp³-hybridized carbons (Fsp3) is 0.513. The van der Waals surface area contributed by atoms with Crippen molar-refractivity contribution in [2.24, 2.45) is 0 Å². The van der Waals surface area contributed by atoms with Crippen molar-refractivity contribution < 1.29 is 19.0 Å². The minimum Gasteiger partial charge on any atom is -0.444 e. The van der Waals surface area contributed by atoms with E-state index in [0.29, 0.717) is 45.4 Å². The van der Waals surface area contributed by atoms with Gasteiger partial charge < -0.3 is 35.1 Å². The molecule has 6 aromatic rings. The number of carbonyl (C=O) groups excluding carboxylic acids is 1. The van der Waals surface area contributed by atoms with Crippen LogP contribution in [0.5, 0.6) is 0 Å². The fourth-order valence-electron chi connectivity index (χ4n) is 7.99. The van der Waals surface area contributed by atoms with Crippen LogP contribution in [0, 0.1) is 0 Å². The zero-order chi connectivity index (χ0) is 38.9. The number of piperidine rings is 2. The lowest BCUT2D eigenvalue weighted by Gasteiger charge is -2.34. The number of rotatable bonds is 6. The maximum absolute atomic E-state index is 12.6. The van der Waals surface area contributed by atoms with Crippen LogP contribution in [0.4, 0.5) is 27.8 Å².